The van der Waals surface area contributed by atoms with Crippen LogP contribution < -0.4 is 10.6 Å². The molecule has 3 atom stereocenters. The summed E-state index contributed by atoms with van der Waals surface area (Å²) >= 11 is 0. The second-order valence-corrected chi connectivity index (χ2v) is 7.44. The molecule has 0 saturated carbocycles. The third-order valence-electron chi connectivity index (χ3n) is 3.71. The number of hydrogen-bond acceptors (Lipinski definition) is 4. The molecular formula is C11H20N2O3S. The normalized spacial score (nSPS) is 35.9. The van der Waals surface area contributed by atoms with Crippen LogP contribution in [0.4, 0.5) is 0 Å². The van der Waals surface area contributed by atoms with E-state index >= 15 is 0 Å². The lowest BCUT2D eigenvalue weighted by atomic mass is 10.0. The molecule has 98 valence electrons. The van der Waals surface area contributed by atoms with Crippen LogP contribution in [0.25, 0.3) is 0 Å². The first-order valence-electron chi connectivity index (χ1n) is 6.19. The third kappa shape index (κ3) is 3.19. The topological polar surface area (TPSA) is 75.3 Å². The lowest BCUT2D eigenvalue weighted by Gasteiger charge is -2.17. The quantitative estimate of drug-likeness (QED) is 0.720. The van der Waals surface area contributed by atoms with Gasteiger partial charge in [-0.3, -0.25) is 4.79 Å². The molecule has 2 saturated heterocycles. The van der Waals surface area contributed by atoms with Gasteiger partial charge < -0.3 is 10.6 Å². The van der Waals surface area contributed by atoms with Crippen LogP contribution in [0, 0.1) is 11.8 Å². The predicted molar refractivity (Wildman–Crippen MR) is 65.3 cm³/mol. The molecule has 17 heavy (non-hydrogen) atoms. The summed E-state index contributed by atoms with van der Waals surface area (Å²) in [6.45, 7) is 3.43. The Morgan fingerprint density at radius 3 is 2.71 bits per heavy atom. The molecule has 2 N–H and O–H groups in total. The number of nitrogens with one attached hydrogen (secondary N) is 2. The molecule has 0 spiro atoms. The average molecular weight is 260 g/mol. The van der Waals surface area contributed by atoms with Crippen molar-refractivity contribution >= 4 is 15.7 Å². The molecule has 0 aromatic heterocycles. The molecule has 3 unspecified atom stereocenters. The number of rotatable bonds is 3. The molecule has 0 aliphatic carbocycles. The first-order valence-corrected chi connectivity index (χ1v) is 8.01. The zero-order chi connectivity index (χ0) is 12.5. The molecule has 0 aromatic rings. The summed E-state index contributed by atoms with van der Waals surface area (Å²) < 4.78 is 22.5. The lowest BCUT2D eigenvalue weighted by molar-refractivity contribution is -0.123. The molecule has 5 nitrogen and oxygen atoms in total. The van der Waals surface area contributed by atoms with Crippen molar-refractivity contribution < 1.29 is 13.2 Å². The number of carbonyl (C=O) groups is 1. The average Bonchev–Trinajstić information content (AvgIpc) is 2.81. The van der Waals surface area contributed by atoms with Crippen LogP contribution in [-0.4, -0.2) is 45.0 Å². The summed E-state index contributed by atoms with van der Waals surface area (Å²) in [7, 11) is -2.84. The van der Waals surface area contributed by atoms with E-state index in [0.717, 1.165) is 13.0 Å². The highest BCUT2D eigenvalue weighted by molar-refractivity contribution is 7.91. The van der Waals surface area contributed by atoms with Gasteiger partial charge in [-0.15, -0.1) is 0 Å². The highest BCUT2D eigenvalue weighted by Crippen LogP contribution is 2.18. The Morgan fingerprint density at radius 2 is 2.18 bits per heavy atom. The smallest absolute Gasteiger partial charge is 0.237 e. The minimum atomic E-state index is -2.84. The number of carbonyl (C=O) groups excluding carboxylic acids is 1. The molecule has 2 aliphatic heterocycles. The molecular weight excluding hydrogens is 240 g/mol. The van der Waals surface area contributed by atoms with Gasteiger partial charge in [-0.1, -0.05) is 6.92 Å². The van der Waals surface area contributed by atoms with E-state index in [1.54, 1.807) is 0 Å². The van der Waals surface area contributed by atoms with Crippen LogP contribution in [0.5, 0.6) is 0 Å². The largest absolute Gasteiger partial charge is 0.354 e. The number of sulfone groups is 1. The molecule has 0 aromatic carbocycles. The Morgan fingerprint density at radius 1 is 1.41 bits per heavy atom. The van der Waals surface area contributed by atoms with Gasteiger partial charge in [0.15, 0.2) is 9.84 Å². The maximum atomic E-state index is 11.9. The van der Waals surface area contributed by atoms with Gasteiger partial charge in [0, 0.05) is 6.54 Å². The second kappa shape index (κ2) is 4.94. The van der Waals surface area contributed by atoms with Crippen molar-refractivity contribution in [2.75, 3.05) is 24.6 Å². The van der Waals surface area contributed by atoms with E-state index in [-0.39, 0.29) is 29.4 Å². The first-order chi connectivity index (χ1) is 7.98. The van der Waals surface area contributed by atoms with Crippen LogP contribution >= 0.6 is 0 Å². The maximum Gasteiger partial charge on any atom is 0.237 e. The molecule has 2 fully saturated rings. The number of amides is 1. The van der Waals surface area contributed by atoms with Crippen LogP contribution in [0.3, 0.4) is 0 Å². The summed E-state index contributed by atoms with van der Waals surface area (Å²) in [4.78, 5) is 11.9. The Bertz CT molecular complexity index is 394. The molecule has 6 heteroatoms. The zero-order valence-corrected chi connectivity index (χ0v) is 10.9. The first kappa shape index (κ1) is 12.8. The summed E-state index contributed by atoms with van der Waals surface area (Å²) in [5, 5.41) is 6.04. The molecule has 2 aliphatic rings. The van der Waals surface area contributed by atoms with E-state index in [4.69, 9.17) is 0 Å². The fourth-order valence-electron chi connectivity index (χ4n) is 2.57. The van der Waals surface area contributed by atoms with Crippen LogP contribution in [0.2, 0.25) is 0 Å². The monoisotopic (exact) mass is 260 g/mol. The second-order valence-electron chi connectivity index (χ2n) is 5.21. The van der Waals surface area contributed by atoms with Gasteiger partial charge >= 0.3 is 0 Å². The van der Waals surface area contributed by atoms with Crippen molar-refractivity contribution in [3.8, 4) is 0 Å². The van der Waals surface area contributed by atoms with Gasteiger partial charge in [0.1, 0.15) is 0 Å². The van der Waals surface area contributed by atoms with E-state index in [1.165, 1.54) is 0 Å². The van der Waals surface area contributed by atoms with Gasteiger partial charge in [-0.2, -0.15) is 0 Å². The van der Waals surface area contributed by atoms with Gasteiger partial charge in [0.05, 0.1) is 17.5 Å². The van der Waals surface area contributed by atoms with Crippen LogP contribution in [0.1, 0.15) is 19.8 Å². The van der Waals surface area contributed by atoms with Crippen molar-refractivity contribution in [3.63, 3.8) is 0 Å². The highest BCUT2D eigenvalue weighted by atomic mass is 32.2. The Kier molecular flexibility index (Phi) is 3.73. The van der Waals surface area contributed by atoms with Gasteiger partial charge in [-0.05, 0) is 31.2 Å². The highest BCUT2D eigenvalue weighted by Gasteiger charge is 2.31. The summed E-state index contributed by atoms with van der Waals surface area (Å²) in [6, 6.07) is -0.104. The number of hydrogen-bond donors (Lipinski definition) is 2. The minimum absolute atomic E-state index is 0.0132. The SMILES string of the molecule is CC1CCNC1C(=O)NCC1CCS(=O)(=O)C1. The van der Waals surface area contributed by atoms with Crippen LogP contribution in [0.15, 0.2) is 0 Å². The Balaban J connectivity index is 1.77. The third-order valence-corrected chi connectivity index (χ3v) is 5.54. The predicted octanol–water partition coefficient (Wildman–Crippen LogP) is -0.465. The van der Waals surface area contributed by atoms with E-state index in [9.17, 15) is 13.2 Å². The van der Waals surface area contributed by atoms with Crippen LogP contribution in [-0.2, 0) is 14.6 Å². The van der Waals surface area contributed by atoms with Gasteiger partial charge in [-0.25, -0.2) is 8.42 Å². The molecule has 0 bridgehead atoms. The van der Waals surface area contributed by atoms with Crippen molar-refractivity contribution in [1.82, 2.24) is 10.6 Å². The fourth-order valence-corrected chi connectivity index (χ4v) is 4.44. The lowest BCUT2D eigenvalue weighted by Crippen LogP contribution is -2.44. The molecule has 2 heterocycles. The van der Waals surface area contributed by atoms with E-state index in [0.29, 0.717) is 18.9 Å². The molecule has 0 radical (unpaired) electrons. The Hall–Kier alpha value is -0.620. The van der Waals surface area contributed by atoms with E-state index < -0.39 is 9.84 Å². The standard InChI is InChI=1S/C11H20N2O3S/c1-8-2-4-12-10(8)11(14)13-6-9-3-5-17(15,16)7-9/h8-10,12H,2-7H2,1H3,(H,13,14). The summed E-state index contributed by atoms with van der Waals surface area (Å²) in [5.41, 5.74) is 0. The molecule has 2 rings (SSSR count). The van der Waals surface area contributed by atoms with Gasteiger partial charge in [0.25, 0.3) is 0 Å². The van der Waals surface area contributed by atoms with Crippen molar-refractivity contribution in [1.29, 1.82) is 0 Å². The summed E-state index contributed by atoms with van der Waals surface area (Å²) in [6.07, 6.45) is 1.70. The maximum absolute atomic E-state index is 11.9. The fraction of sp³-hybridized carbons (Fsp3) is 0.909. The zero-order valence-electron chi connectivity index (χ0n) is 10.1. The summed E-state index contributed by atoms with van der Waals surface area (Å²) in [5.74, 6) is 0.967. The van der Waals surface area contributed by atoms with E-state index in [1.807, 2.05) is 0 Å². The van der Waals surface area contributed by atoms with Gasteiger partial charge in [0.2, 0.25) is 5.91 Å². The molecule has 1 amide bonds. The Labute approximate surface area is 102 Å². The minimum Gasteiger partial charge on any atom is -0.354 e. The van der Waals surface area contributed by atoms with Crippen molar-refractivity contribution in [3.05, 3.63) is 0 Å². The van der Waals surface area contributed by atoms with Crippen molar-refractivity contribution in [2.45, 2.75) is 25.8 Å². The van der Waals surface area contributed by atoms with Crippen molar-refractivity contribution in [2.24, 2.45) is 11.8 Å². The van der Waals surface area contributed by atoms with E-state index in [2.05, 4.69) is 17.6 Å².